The van der Waals surface area contributed by atoms with E-state index in [9.17, 15) is 20.4 Å². The number of aliphatic hydroxyl groups is 4. The molecule has 0 bridgehead atoms. The number of rotatable bonds is 12. The molecule has 0 spiro atoms. The van der Waals surface area contributed by atoms with Crippen molar-refractivity contribution < 1.29 is 63.1 Å². The molecule has 0 aliphatic carbocycles. The minimum atomic E-state index is -0.602. The fraction of sp³-hybridized carbons (Fsp3) is 1.00. The Morgan fingerprint density at radius 3 is 1.46 bits per heavy atom. The van der Waals surface area contributed by atoms with E-state index >= 15 is 0 Å². The molecule has 0 aromatic rings. The molecule has 0 amide bonds. The first-order chi connectivity index (χ1) is 36.8. The third kappa shape index (κ3) is 16.1. The highest BCUT2D eigenvalue weighted by molar-refractivity contribution is 5.11. The predicted octanol–water partition coefficient (Wildman–Crippen LogP) is 10.8. The van der Waals surface area contributed by atoms with E-state index in [4.69, 9.17) is 42.6 Å². The predicted molar refractivity (Wildman–Crippen MR) is 320 cm³/mol. The Morgan fingerprint density at radius 1 is 0.537 bits per heavy atom. The maximum absolute atomic E-state index is 9.99. The minimum absolute atomic E-state index is 0.0212. The van der Waals surface area contributed by atoms with Crippen LogP contribution >= 0.6 is 0 Å². The summed E-state index contributed by atoms with van der Waals surface area (Å²) in [5.74, 6) is 1.26. The smallest absolute Gasteiger partial charge is 0.171 e. The van der Waals surface area contributed by atoms with E-state index in [1.165, 1.54) is 19.3 Å². The monoisotopic (exact) mass is 1140 g/mol. The summed E-state index contributed by atoms with van der Waals surface area (Å²) in [7, 11) is 0. The van der Waals surface area contributed by atoms with Crippen molar-refractivity contribution in [3.8, 4) is 0 Å². The molecule has 9 heterocycles. The second kappa shape index (κ2) is 27.6. The summed E-state index contributed by atoms with van der Waals surface area (Å²) in [6.45, 7) is 56.9. The van der Waals surface area contributed by atoms with Crippen molar-refractivity contribution in [2.24, 2.45) is 28.1 Å². The van der Waals surface area contributed by atoms with Gasteiger partial charge >= 0.3 is 0 Å². The third-order valence-corrected chi connectivity index (χ3v) is 19.9. The van der Waals surface area contributed by atoms with Crippen LogP contribution in [-0.4, -0.2) is 184 Å². The van der Waals surface area contributed by atoms with Crippen LogP contribution in [0.25, 0.3) is 0 Å². The van der Waals surface area contributed by atoms with E-state index in [-0.39, 0.29) is 101 Å². The first kappa shape index (κ1) is 71.9. The zero-order chi connectivity index (χ0) is 60.9. The van der Waals surface area contributed by atoms with Gasteiger partial charge in [0.1, 0.15) is 11.7 Å². The van der Waals surface area contributed by atoms with Crippen LogP contribution in [0.1, 0.15) is 230 Å². The molecule has 9 aliphatic heterocycles. The van der Waals surface area contributed by atoms with Gasteiger partial charge in [0.15, 0.2) is 6.29 Å². The largest absolute Gasteiger partial charge is 0.396 e. The zero-order valence-electron chi connectivity index (χ0n) is 55.7. The first-order valence-electron chi connectivity index (χ1n) is 31.8. The lowest BCUT2D eigenvalue weighted by Gasteiger charge is -2.46. The highest BCUT2D eigenvalue weighted by Crippen LogP contribution is 2.54. The number of nitrogens with one attached hydrogen (secondary N) is 1. The highest BCUT2D eigenvalue weighted by atomic mass is 16.8. The second-order valence-electron chi connectivity index (χ2n) is 29.9. The van der Waals surface area contributed by atoms with Crippen molar-refractivity contribution in [3.05, 3.63) is 0 Å². The molecule has 4 unspecified atom stereocenters. The summed E-state index contributed by atoms with van der Waals surface area (Å²) < 4.78 is 53.6. The minimum Gasteiger partial charge on any atom is -0.396 e. The van der Waals surface area contributed by atoms with Gasteiger partial charge in [-0.15, -0.1) is 0 Å². The van der Waals surface area contributed by atoms with Crippen molar-refractivity contribution in [3.63, 3.8) is 0 Å². The number of ether oxygens (including phenoxy) is 9. The van der Waals surface area contributed by atoms with Gasteiger partial charge in [0.2, 0.25) is 0 Å². The lowest BCUT2D eigenvalue weighted by Crippen LogP contribution is -2.56. The lowest BCUT2D eigenvalue weighted by atomic mass is 9.72. The van der Waals surface area contributed by atoms with E-state index in [1.54, 1.807) is 0 Å². The van der Waals surface area contributed by atoms with E-state index in [0.29, 0.717) is 24.2 Å². The van der Waals surface area contributed by atoms with Crippen LogP contribution in [0, 0.1) is 28.1 Å². The van der Waals surface area contributed by atoms with Crippen LogP contribution in [0.15, 0.2) is 0 Å². The van der Waals surface area contributed by atoms with Crippen molar-refractivity contribution in [1.29, 1.82) is 0 Å². The number of fused-ring (bicyclic) bond motifs is 2. The standard InChI is InChI=1S/C15H28N2O3.C10H20O3.C10H18O2.2C10H20O2.C10H20O/c1-5-11-15(4)13(14(2,3)19-11)18-12(20-15)10-17-8-6-16-7-9-17;1-5-7-10(4,6-11)8(12)9(2,3)13-7;1-5-7-10(4)6-11-8(10)9(2,3)12-7;1-5-8-10(4,7-11)6-9(2,3)12-8;1-5-10(7-11)8(2)6-9(3,4)12-10;1-5-8-7-10(3,4)11-9(8)6-2/h11-13,16H,5-10H2,1-4H3;7-8,11-12H,5-6H2,1-4H3;7-8H,5-6H2,1-4H3;2*8,11H,5-7H2,1-4H3;8-9H,5-7H2,1-4H3/t11-,12?,13+,15?;7-,8+,10+;7-,8+,10?;8-,10+;8?,10-;8-,9-/m111101/s1. The first-order valence-corrected chi connectivity index (χ1v) is 31.8. The van der Waals surface area contributed by atoms with Crippen LogP contribution in [0.5, 0.6) is 0 Å². The molecule has 16 atom stereocenters. The molecule has 0 radical (unpaired) electrons. The summed E-state index contributed by atoms with van der Waals surface area (Å²) >= 11 is 0. The Kier molecular flexibility index (Phi) is 24.8. The molecule has 0 aromatic heterocycles. The second-order valence-corrected chi connectivity index (χ2v) is 29.9. The van der Waals surface area contributed by atoms with Gasteiger partial charge < -0.3 is 68.4 Å². The molecule has 0 saturated carbocycles. The van der Waals surface area contributed by atoms with Gasteiger partial charge in [-0.25, -0.2) is 0 Å². The molecule has 9 rings (SSSR count). The van der Waals surface area contributed by atoms with Crippen molar-refractivity contribution in [1.82, 2.24) is 10.2 Å². The lowest BCUT2D eigenvalue weighted by molar-refractivity contribution is -0.181. The summed E-state index contributed by atoms with van der Waals surface area (Å²) in [6, 6.07) is 0. The zero-order valence-corrected chi connectivity index (χ0v) is 55.7. The SMILES string of the molecule is CC[C@@H]1CC(C)(C)O[C@@H]1CC.CC[C@@]1(CO)OC(C)(C)CC1C.CC[C@H]1OC(C)(C)C[C@@]1(C)CO.CC[C@H]1OC(C)(C)[C@@H]2OC(CN3CCNCC3)OC12C.CC[C@H]1OC(C)(C)[C@@H]2OCC12C.CC[C@H]1OC(C)(C)[C@H](O)[C@@]1(C)CO. The van der Waals surface area contributed by atoms with Crippen molar-refractivity contribution >= 4 is 0 Å². The Morgan fingerprint density at radius 2 is 1.09 bits per heavy atom. The van der Waals surface area contributed by atoms with Gasteiger partial charge in [0.25, 0.3) is 0 Å². The maximum atomic E-state index is 9.99. The molecule has 15 nitrogen and oxygen atoms in total. The Bertz CT molecular complexity index is 1840. The molecule has 5 N–H and O–H groups in total. The number of nitrogens with zero attached hydrogens (tertiary/aromatic N) is 1. The molecule has 15 heteroatoms. The third-order valence-electron chi connectivity index (χ3n) is 19.9. The van der Waals surface area contributed by atoms with Gasteiger partial charge in [0, 0.05) is 49.0 Å². The molecule has 0 aromatic carbocycles. The van der Waals surface area contributed by atoms with Crippen LogP contribution in [0.2, 0.25) is 0 Å². The van der Waals surface area contributed by atoms with Crippen LogP contribution in [0.3, 0.4) is 0 Å². The summed E-state index contributed by atoms with van der Waals surface area (Å²) in [5.41, 5.74) is -1.70. The van der Waals surface area contributed by atoms with Crippen molar-refractivity contribution in [2.75, 3.05) is 59.2 Å². The van der Waals surface area contributed by atoms with E-state index in [2.05, 4.69) is 149 Å². The fourth-order valence-corrected chi connectivity index (χ4v) is 15.9. The summed E-state index contributed by atoms with van der Waals surface area (Å²) in [5, 5.41) is 41.2. The van der Waals surface area contributed by atoms with Crippen LogP contribution in [0.4, 0.5) is 0 Å². The normalized spacial score (nSPS) is 42.8. The topological polar surface area (TPSA) is 179 Å². The van der Waals surface area contributed by atoms with Gasteiger partial charge in [-0.05, 0) is 160 Å². The average Bonchev–Trinajstić information content (AvgIpc) is 4.16. The van der Waals surface area contributed by atoms with Gasteiger partial charge in [-0.1, -0.05) is 82.6 Å². The average molecular weight is 1140 g/mol. The Hall–Kier alpha value is -0.600. The van der Waals surface area contributed by atoms with E-state index in [1.807, 2.05) is 27.7 Å². The van der Waals surface area contributed by atoms with Crippen LogP contribution in [-0.2, 0) is 42.6 Å². The van der Waals surface area contributed by atoms with Gasteiger partial charge in [-0.2, -0.15) is 0 Å². The number of hydrogen-bond acceptors (Lipinski definition) is 15. The molecule has 474 valence electrons. The Balaban J connectivity index is 0.000000210. The molecular weight excluding hydrogens is 1020 g/mol. The van der Waals surface area contributed by atoms with Crippen LogP contribution < -0.4 is 5.32 Å². The fourth-order valence-electron chi connectivity index (χ4n) is 15.9. The quantitative estimate of drug-likeness (QED) is 0.125. The summed E-state index contributed by atoms with van der Waals surface area (Å²) in [4.78, 5) is 2.42. The maximum Gasteiger partial charge on any atom is 0.171 e. The van der Waals surface area contributed by atoms with E-state index in [0.717, 1.165) is 90.2 Å². The number of aliphatic hydroxyl groups excluding tert-OH is 4. The Labute approximate surface area is 489 Å². The van der Waals surface area contributed by atoms with Crippen molar-refractivity contribution in [2.45, 2.75) is 330 Å². The van der Waals surface area contributed by atoms with Gasteiger partial charge in [-0.3, -0.25) is 4.90 Å². The summed E-state index contributed by atoms with van der Waals surface area (Å²) in [6.07, 6.45) is 11.2. The molecule has 9 aliphatic rings. The molecule has 9 fully saturated rings. The number of hydrogen-bond donors (Lipinski definition) is 5. The number of piperazine rings is 1. The van der Waals surface area contributed by atoms with E-state index < -0.39 is 17.1 Å². The molecule has 9 saturated heterocycles. The highest BCUT2D eigenvalue weighted by Gasteiger charge is 2.65. The molecular formula is C65H126N2O13. The molecule has 80 heavy (non-hydrogen) atoms. The van der Waals surface area contributed by atoms with Gasteiger partial charge in [0.05, 0.1) is 108 Å².